The van der Waals surface area contributed by atoms with Crippen molar-refractivity contribution in [2.45, 2.75) is 65.7 Å². The molecule has 8 nitrogen and oxygen atoms in total. The average molecular weight is 540 g/mol. The minimum absolute atomic E-state index is 0.0708. The van der Waals surface area contributed by atoms with Gasteiger partial charge in [-0.15, -0.1) is 0 Å². The highest BCUT2D eigenvalue weighted by atomic mass is 16.6. The van der Waals surface area contributed by atoms with Gasteiger partial charge in [0.1, 0.15) is 22.9 Å². The molecule has 212 valence electrons. The summed E-state index contributed by atoms with van der Waals surface area (Å²) in [6.45, 7) is 10.8. The van der Waals surface area contributed by atoms with Crippen molar-refractivity contribution >= 4 is 11.6 Å². The van der Waals surface area contributed by atoms with Gasteiger partial charge in [-0.2, -0.15) is 0 Å². The summed E-state index contributed by atoms with van der Waals surface area (Å²) in [6, 6.07) is 8.54. The van der Waals surface area contributed by atoms with Crippen molar-refractivity contribution in [1.29, 1.82) is 0 Å². The van der Waals surface area contributed by atoms with Crippen LogP contribution in [0.4, 0.5) is 5.69 Å². The monoisotopic (exact) mass is 539 g/mol. The number of carbonyl (C=O) groups is 1. The molecule has 2 atom stereocenters. The summed E-state index contributed by atoms with van der Waals surface area (Å²) in [4.78, 5) is 13.0. The van der Waals surface area contributed by atoms with Crippen molar-refractivity contribution < 1.29 is 32.9 Å². The quantitative estimate of drug-likeness (QED) is 0.309. The first kappa shape index (κ1) is 29.7. The normalized spacial score (nSPS) is 15.8. The van der Waals surface area contributed by atoms with Crippen LogP contribution in [-0.4, -0.2) is 34.3 Å². The van der Waals surface area contributed by atoms with Gasteiger partial charge in [0.2, 0.25) is 0 Å². The molecular formula is C31H41NO7. The second-order valence-corrected chi connectivity index (χ2v) is 9.70. The zero-order valence-corrected chi connectivity index (χ0v) is 24.5. The van der Waals surface area contributed by atoms with E-state index in [0.717, 1.165) is 18.4 Å². The number of ether oxygens (including phenoxy) is 5. The number of benzene rings is 2. The molecule has 2 aromatic carbocycles. The number of hydrogen-bond acceptors (Lipinski definition) is 7. The van der Waals surface area contributed by atoms with Gasteiger partial charge in [0.15, 0.2) is 17.3 Å². The van der Waals surface area contributed by atoms with E-state index in [-0.39, 0.29) is 11.7 Å². The Hall–Kier alpha value is -3.81. The number of anilines is 1. The van der Waals surface area contributed by atoms with Crippen molar-refractivity contribution in [2.24, 2.45) is 0 Å². The number of carbonyl (C=O) groups excluding carboxylic acids is 1. The Morgan fingerprint density at radius 2 is 1.49 bits per heavy atom. The maximum absolute atomic E-state index is 13.0. The lowest BCUT2D eigenvalue weighted by atomic mass is 9.76. The average Bonchev–Trinajstić information content (AvgIpc) is 3.41. The van der Waals surface area contributed by atoms with Gasteiger partial charge in [-0.25, -0.2) is 0 Å². The van der Waals surface area contributed by atoms with Crippen LogP contribution in [-0.2, 0) is 0 Å². The van der Waals surface area contributed by atoms with Crippen LogP contribution in [0, 0.1) is 6.92 Å². The Kier molecular flexibility index (Phi) is 10.2. The molecule has 2 unspecified atom stereocenters. The third-order valence-corrected chi connectivity index (χ3v) is 6.80. The molecule has 1 N–H and O–H groups in total. The molecular weight excluding hydrogens is 498 g/mol. The molecule has 1 aromatic heterocycles. The summed E-state index contributed by atoms with van der Waals surface area (Å²) in [7, 11) is 6.16. The molecule has 1 aliphatic rings. The zero-order valence-electron chi connectivity index (χ0n) is 24.5. The van der Waals surface area contributed by atoms with Crippen molar-refractivity contribution in [1.82, 2.24) is 0 Å². The number of methoxy groups -OCH3 is 4. The van der Waals surface area contributed by atoms with Gasteiger partial charge < -0.3 is 33.4 Å². The predicted molar refractivity (Wildman–Crippen MR) is 153 cm³/mol. The van der Waals surface area contributed by atoms with Gasteiger partial charge in [0.05, 0.1) is 28.4 Å². The summed E-state index contributed by atoms with van der Waals surface area (Å²) in [5, 5.41) is 2.79. The summed E-state index contributed by atoms with van der Waals surface area (Å²) in [6.07, 6.45) is 3.53. The van der Waals surface area contributed by atoms with Crippen LogP contribution >= 0.6 is 0 Å². The molecule has 4 rings (SSSR count). The summed E-state index contributed by atoms with van der Waals surface area (Å²) >= 11 is 0. The lowest BCUT2D eigenvalue weighted by Crippen LogP contribution is -2.13. The highest BCUT2D eigenvalue weighted by molar-refractivity contribution is 6.04. The van der Waals surface area contributed by atoms with E-state index < -0.39 is 5.91 Å². The SMILES string of the molecule is CCC.COc1cc(OC)c(NC(=O)c2ccc(Oc3c(OC)cc4c(c3C)C(C)CCC4C)o2)c(OC)c1. The molecule has 0 aliphatic heterocycles. The summed E-state index contributed by atoms with van der Waals surface area (Å²) < 4.78 is 33.7. The second-order valence-electron chi connectivity index (χ2n) is 9.70. The van der Waals surface area contributed by atoms with Crippen molar-refractivity contribution in [3.63, 3.8) is 0 Å². The number of fused-ring (bicyclic) bond motifs is 1. The maximum Gasteiger partial charge on any atom is 0.291 e. The summed E-state index contributed by atoms with van der Waals surface area (Å²) in [5.74, 6) is 3.21. The van der Waals surface area contributed by atoms with Crippen LogP contribution in [0.15, 0.2) is 34.7 Å². The molecule has 0 spiro atoms. The summed E-state index contributed by atoms with van der Waals surface area (Å²) in [5.41, 5.74) is 3.99. The minimum atomic E-state index is -0.483. The number of furan rings is 1. The van der Waals surface area contributed by atoms with Crippen LogP contribution in [0.5, 0.6) is 34.7 Å². The molecule has 1 heterocycles. The van der Waals surface area contributed by atoms with E-state index in [1.807, 2.05) is 6.92 Å². The number of rotatable bonds is 8. The largest absolute Gasteiger partial charge is 0.496 e. The fourth-order valence-corrected chi connectivity index (χ4v) is 4.85. The Morgan fingerprint density at radius 1 is 0.897 bits per heavy atom. The number of nitrogens with one attached hydrogen (secondary N) is 1. The Balaban J connectivity index is 0.00000134. The van der Waals surface area contributed by atoms with Gasteiger partial charge in [-0.05, 0) is 60.4 Å². The molecule has 0 radical (unpaired) electrons. The van der Waals surface area contributed by atoms with E-state index in [2.05, 4.69) is 39.1 Å². The van der Waals surface area contributed by atoms with Gasteiger partial charge in [-0.1, -0.05) is 34.1 Å². The Morgan fingerprint density at radius 3 is 2.05 bits per heavy atom. The van der Waals surface area contributed by atoms with Gasteiger partial charge >= 0.3 is 0 Å². The standard InChI is InChI=1S/C28H33NO7.C3H8/c1-15-8-9-16(2)25-17(3)27(23(34-7)14-19(15)25)36-24-11-10-20(35-24)28(30)29-26-21(32-5)12-18(31-4)13-22(26)33-6;1-3-2/h10-16H,8-9H2,1-7H3,(H,29,30);3H2,1-2H3. The molecule has 39 heavy (non-hydrogen) atoms. The highest BCUT2D eigenvalue weighted by Crippen LogP contribution is 2.48. The first-order valence-electron chi connectivity index (χ1n) is 13.3. The lowest BCUT2D eigenvalue weighted by Gasteiger charge is -2.30. The third kappa shape index (κ3) is 6.44. The van der Waals surface area contributed by atoms with Crippen LogP contribution in [0.1, 0.15) is 86.0 Å². The topological polar surface area (TPSA) is 88.4 Å². The van der Waals surface area contributed by atoms with E-state index >= 15 is 0 Å². The molecule has 0 fully saturated rings. The molecule has 0 bridgehead atoms. The third-order valence-electron chi connectivity index (χ3n) is 6.80. The van der Waals surface area contributed by atoms with E-state index in [1.165, 1.54) is 38.9 Å². The van der Waals surface area contributed by atoms with Crippen LogP contribution in [0.2, 0.25) is 0 Å². The van der Waals surface area contributed by atoms with Gasteiger partial charge in [0.25, 0.3) is 11.9 Å². The maximum atomic E-state index is 13.0. The molecule has 1 amide bonds. The van der Waals surface area contributed by atoms with Crippen LogP contribution in [0.25, 0.3) is 0 Å². The van der Waals surface area contributed by atoms with Gasteiger partial charge in [0, 0.05) is 18.2 Å². The van der Waals surface area contributed by atoms with Gasteiger partial charge in [-0.3, -0.25) is 4.79 Å². The van der Waals surface area contributed by atoms with E-state index in [0.29, 0.717) is 46.3 Å². The minimum Gasteiger partial charge on any atom is -0.496 e. The van der Waals surface area contributed by atoms with Crippen molar-refractivity contribution in [3.8, 4) is 34.7 Å². The first-order chi connectivity index (χ1) is 18.7. The van der Waals surface area contributed by atoms with E-state index in [9.17, 15) is 4.79 Å². The fourth-order valence-electron chi connectivity index (χ4n) is 4.85. The fraction of sp³-hybridized carbons (Fsp3) is 0.452. The highest BCUT2D eigenvalue weighted by Gasteiger charge is 2.28. The first-order valence-corrected chi connectivity index (χ1v) is 13.3. The van der Waals surface area contributed by atoms with E-state index in [4.69, 9.17) is 28.1 Å². The smallest absolute Gasteiger partial charge is 0.291 e. The van der Waals surface area contributed by atoms with Crippen molar-refractivity contribution in [3.05, 3.63) is 52.8 Å². The van der Waals surface area contributed by atoms with Crippen LogP contribution < -0.4 is 29.0 Å². The zero-order chi connectivity index (χ0) is 28.7. The van der Waals surface area contributed by atoms with Crippen molar-refractivity contribution in [2.75, 3.05) is 33.8 Å². The molecule has 3 aromatic rings. The molecule has 0 saturated heterocycles. The predicted octanol–water partition coefficient (Wildman–Crippen LogP) is 8.08. The van der Waals surface area contributed by atoms with E-state index in [1.54, 1.807) is 31.4 Å². The lowest BCUT2D eigenvalue weighted by molar-refractivity contribution is 0.0991. The number of hydrogen-bond donors (Lipinski definition) is 1. The molecule has 1 aliphatic carbocycles. The molecule has 0 saturated carbocycles. The molecule has 8 heteroatoms. The number of amides is 1. The van der Waals surface area contributed by atoms with Crippen LogP contribution in [0.3, 0.4) is 0 Å². The Bertz CT molecular complexity index is 1260. The second kappa shape index (κ2) is 13.3. The Labute approximate surface area is 231 Å².